The highest BCUT2D eigenvalue weighted by Crippen LogP contribution is 2.32. The lowest BCUT2D eigenvalue weighted by Crippen LogP contribution is -2.25. The van der Waals surface area contributed by atoms with Crippen LogP contribution in [0.3, 0.4) is 0 Å². The van der Waals surface area contributed by atoms with Crippen molar-refractivity contribution in [1.29, 1.82) is 0 Å². The highest BCUT2D eigenvalue weighted by atomic mass is 79.9. The highest BCUT2D eigenvalue weighted by Gasteiger charge is 2.37. The molecule has 1 fully saturated rings. The van der Waals surface area contributed by atoms with Crippen molar-refractivity contribution in [1.82, 2.24) is 0 Å². The molecule has 102 valence electrons. The number of carbonyl (C=O) groups is 2. The van der Waals surface area contributed by atoms with E-state index in [1.54, 1.807) is 6.92 Å². The molecule has 0 aliphatic carbocycles. The Balaban J connectivity index is 2.16. The van der Waals surface area contributed by atoms with Crippen LogP contribution in [-0.2, 0) is 14.3 Å². The van der Waals surface area contributed by atoms with Crippen molar-refractivity contribution in [3.63, 3.8) is 0 Å². The lowest BCUT2D eigenvalue weighted by Gasteiger charge is -2.19. The number of nitrogens with zero attached hydrogens (tertiary/aromatic N) is 1. The second kappa shape index (κ2) is 6.05. The van der Waals surface area contributed by atoms with E-state index in [9.17, 15) is 9.59 Å². The second-order valence-electron chi connectivity index (χ2n) is 4.25. The molecule has 1 aliphatic heterocycles. The van der Waals surface area contributed by atoms with Gasteiger partial charge in [-0.25, -0.2) is 0 Å². The summed E-state index contributed by atoms with van der Waals surface area (Å²) >= 11 is 6.85. The van der Waals surface area contributed by atoms with Gasteiger partial charge in [-0.3, -0.25) is 9.59 Å². The molecule has 1 aliphatic rings. The molecule has 1 aromatic rings. The number of Topliss-reactive ketones (excluding diaryl/α,β-unsaturated/α-hetero) is 1. The largest absolute Gasteiger partial charge is 0.465 e. The van der Waals surface area contributed by atoms with Gasteiger partial charge in [-0.2, -0.15) is 0 Å². The Morgan fingerprint density at radius 3 is 2.84 bits per heavy atom. The SMILES string of the molecule is CCOC(=O)C1CN(c2ccc(Br)cc2Br)CC1=O. The zero-order valence-corrected chi connectivity index (χ0v) is 13.5. The predicted octanol–water partition coefficient (Wildman–Crippen LogP) is 2.78. The monoisotopic (exact) mass is 389 g/mol. The van der Waals surface area contributed by atoms with E-state index in [0.29, 0.717) is 13.2 Å². The summed E-state index contributed by atoms with van der Waals surface area (Å²) < 4.78 is 6.77. The van der Waals surface area contributed by atoms with E-state index in [2.05, 4.69) is 31.9 Å². The van der Waals surface area contributed by atoms with Crippen molar-refractivity contribution in [2.75, 3.05) is 24.6 Å². The number of ether oxygens (including phenoxy) is 1. The number of hydrogen-bond donors (Lipinski definition) is 0. The summed E-state index contributed by atoms with van der Waals surface area (Å²) in [5.41, 5.74) is 0.906. The molecule has 0 spiro atoms. The Morgan fingerprint density at radius 2 is 2.21 bits per heavy atom. The lowest BCUT2D eigenvalue weighted by atomic mass is 10.1. The number of benzene rings is 1. The van der Waals surface area contributed by atoms with E-state index in [1.165, 1.54) is 0 Å². The lowest BCUT2D eigenvalue weighted by molar-refractivity contribution is -0.149. The van der Waals surface area contributed by atoms with Gasteiger partial charge in [0, 0.05) is 15.5 Å². The molecule has 0 bridgehead atoms. The van der Waals surface area contributed by atoms with Crippen molar-refractivity contribution in [2.24, 2.45) is 5.92 Å². The summed E-state index contributed by atoms with van der Waals surface area (Å²) in [6, 6.07) is 5.73. The Bertz CT molecular complexity index is 519. The fourth-order valence-electron chi connectivity index (χ4n) is 2.06. The fourth-order valence-corrected chi connectivity index (χ4v) is 3.35. The molecule has 6 heteroatoms. The van der Waals surface area contributed by atoms with Crippen LogP contribution in [0, 0.1) is 5.92 Å². The minimum atomic E-state index is -0.671. The standard InChI is InChI=1S/C13H13Br2NO3/c1-2-19-13(18)9-6-16(7-12(9)17)11-4-3-8(14)5-10(11)15/h3-5,9H,2,6-7H2,1H3. The zero-order chi connectivity index (χ0) is 14.0. The van der Waals surface area contributed by atoms with Crippen molar-refractivity contribution in [3.05, 3.63) is 27.1 Å². The molecule has 0 N–H and O–H groups in total. The van der Waals surface area contributed by atoms with E-state index in [1.807, 2.05) is 23.1 Å². The first kappa shape index (κ1) is 14.5. The van der Waals surface area contributed by atoms with Gasteiger partial charge in [0.15, 0.2) is 5.78 Å². The van der Waals surface area contributed by atoms with Crippen LogP contribution in [0.5, 0.6) is 0 Å². The first-order valence-electron chi connectivity index (χ1n) is 5.92. The predicted molar refractivity (Wildman–Crippen MR) is 79.2 cm³/mol. The molecule has 1 unspecified atom stereocenters. The van der Waals surface area contributed by atoms with Gasteiger partial charge in [0.1, 0.15) is 5.92 Å². The van der Waals surface area contributed by atoms with Gasteiger partial charge >= 0.3 is 5.97 Å². The fraction of sp³-hybridized carbons (Fsp3) is 0.385. The van der Waals surface area contributed by atoms with Crippen LogP contribution in [0.25, 0.3) is 0 Å². The van der Waals surface area contributed by atoms with E-state index < -0.39 is 11.9 Å². The Hall–Kier alpha value is -0.880. The minimum absolute atomic E-state index is 0.0896. The van der Waals surface area contributed by atoms with E-state index in [4.69, 9.17) is 4.74 Å². The number of ketones is 1. The van der Waals surface area contributed by atoms with E-state index in [-0.39, 0.29) is 12.3 Å². The first-order chi connectivity index (χ1) is 9.02. The molecule has 4 nitrogen and oxygen atoms in total. The third kappa shape index (κ3) is 3.17. The topological polar surface area (TPSA) is 46.6 Å². The maximum absolute atomic E-state index is 11.9. The van der Waals surface area contributed by atoms with Crippen molar-refractivity contribution >= 4 is 49.3 Å². The maximum atomic E-state index is 11.9. The summed E-state index contributed by atoms with van der Waals surface area (Å²) in [5.74, 6) is -1.19. The van der Waals surface area contributed by atoms with Crippen LogP contribution < -0.4 is 4.90 Å². The van der Waals surface area contributed by atoms with Crippen molar-refractivity contribution in [3.8, 4) is 0 Å². The Labute approximate surface area is 128 Å². The number of esters is 1. The van der Waals surface area contributed by atoms with Crippen LogP contribution in [0.15, 0.2) is 27.1 Å². The third-order valence-corrected chi connectivity index (χ3v) is 4.09. The number of anilines is 1. The summed E-state index contributed by atoms with van der Waals surface area (Å²) in [5, 5.41) is 0. The molecule has 1 heterocycles. The molecule has 0 radical (unpaired) electrons. The molecular formula is C13H13Br2NO3. The van der Waals surface area contributed by atoms with Gasteiger partial charge in [-0.1, -0.05) is 15.9 Å². The normalized spacial score (nSPS) is 18.8. The van der Waals surface area contributed by atoms with Gasteiger partial charge in [-0.15, -0.1) is 0 Å². The molecule has 0 aromatic heterocycles. The van der Waals surface area contributed by atoms with Crippen LogP contribution in [0.2, 0.25) is 0 Å². The average molecular weight is 391 g/mol. The molecule has 1 aromatic carbocycles. The van der Waals surface area contributed by atoms with Gasteiger partial charge in [-0.05, 0) is 41.1 Å². The summed E-state index contributed by atoms with van der Waals surface area (Å²) in [6.07, 6.45) is 0. The number of carbonyl (C=O) groups excluding carboxylic acids is 2. The average Bonchev–Trinajstić information content (AvgIpc) is 2.71. The molecule has 1 atom stereocenters. The smallest absolute Gasteiger partial charge is 0.318 e. The molecule has 19 heavy (non-hydrogen) atoms. The molecule has 0 amide bonds. The number of halogens is 2. The number of hydrogen-bond acceptors (Lipinski definition) is 4. The highest BCUT2D eigenvalue weighted by molar-refractivity contribution is 9.11. The number of rotatable bonds is 3. The summed E-state index contributed by atoms with van der Waals surface area (Å²) in [4.78, 5) is 25.5. The minimum Gasteiger partial charge on any atom is -0.465 e. The van der Waals surface area contributed by atoms with Gasteiger partial charge < -0.3 is 9.64 Å². The van der Waals surface area contributed by atoms with Crippen LogP contribution >= 0.6 is 31.9 Å². The van der Waals surface area contributed by atoms with Gasteiger partial charge in [0.05, 0.1) is 18.8 Å². The molecule has 0 saturated carbocycles. The molecule has 1 saturated heterocycles. The zero-order valence-electron chi connectivity index (χ0n) is 10.4. The van der Waals surface area contributed by atoms with Gasteiger partial charge in [0.2, 0.25) is 0 Å². The maximum Gasteiger partial charge on any atom is 0.318 e. The van der Waals surface area contributed by atoms with Crippen LogP contribution in [-0.4, -0.2) is 31.4 Å². The molecule has 2 rings (SSSR count). The van der Waals surface area contributed by atoms with E-state index >= 15 is 0 Å². The summed E-state index contributed by atoms with van der Waals surface area (Å²) in [7, 11) is 0. The first-order valence-corrected chi connectivity index (χ1v) is 7.51. The van der Waals surface area contributed by atoms with E-state index in [0.717, 1.165) is 14.6 Å². The Morgan fingerprint density at radius 1 is 1.47 bits per heavy atom. The van der Waals surface area contributed by atoms with Crippen molar-refractivity contribution in [2.45, 2.75) is 6.92 Å². The second-order valence-corrected chi connectivity index (χ2v) is 6.02. The van der Waals surface area contributed by atoms with Crippen molar-refractivity contribution < 1.29 is 14.3 Å². The van der Waals surface area contributed by atoms with Crippen LogP contribution in [0.1, 0.15) is 6.92 Å². The molecular weight excluding hydrogens is 378 g/mol. The summed E-state index contributed by atoms with van der Waals surface area (Å²) in [6.45, 7) is 2.65. The quantitative estimate of drug-likeness (QED) is 0.588. The van der Waals surface area contributed by atoms with Gasteiger partial charge in [0.25, 0.3) is 0 Å². The van der Waals surface area contributed by atoms with Crippen LogP contribution in [0.4, 0.5) is 5.69 Å². The third-order valence-electron chi connectivity index (χ3n) is 2.96. The Kier molecular flexibility index (Phi) is 4.62.